The highest BCUT2D eigenvalue weighted by molar-refractivity contribution is 6.30. The summed E-state index contributed by atoms with van der Waals surface area (Å²) >= 11 is 5.66. The van der Waals surface area contributed by atoms with Gasteiger partial charge in [0.05, 0.1) is 5.02 Å². The number of amides is 2. The Morgan fingerprint density at radius 2 is 2.05 bits per heavy atom. The lowest BCUT2D eigenvalue weighted by Crippen LogP contribution is -2.67. The molecular weight excluding hydrogens is 295 g/mol. The van der Waals surface area contributed by atoms with Gasteiger partial charge < -0.3 is 10.2 Å². The van der Waals surface area contributed by atoms with E-state index in [1.165, 1.54) is 17.0 Å². The van der Waals surface area contributed by atoms with Gasteiger partial charge in [0.25, 0.3) is 0 Å². The molecule has 1 heterocycles. The molecule has 0 aliphatic carbocycles. The highest BCUT2D eigenvalue weighted by Gasteiger charge is 2.45. The van der Waals surface area contributed by atoms with Crippen LogP contribution in [0.2, 0.25) is 5.02 Å². The van der Waals surface area contributed by atoms with Gasteiger partial charge in [0.1, 0.15) is 17.4 Å². The van der Waals surface area contributed by atoms with Gasteiger partial charge in [-0.3, -0.25) is 9.59 Å². The van der Waals surface area contributed by atoms with Gasteiger partial charge in [-0.1, -0.05) is 24.6 Å². The summed E-state index contributed by atoms with van der Waals surface area (Å²) in [7, 11) is 0. The van der Waals surface area contributed by atoms with Crippen LogP contribution >= 0.6 is 11.6 Å². The Kier molecular flexibility index (Phi) is 4.23. The van der Waals surface area contributed by atoms with Crippen LogP contribution in [0, 0.1) is 5.82 Å². The maximum Gasteiger partial charge on any atom is 0.246 e. The smallest absolute Gasteiger partial charge is 0.246 e. The molecule has 0 bridgehead atoms. The van der Waals surface area contributed by atoms with Crippen molar-refractivity contribution in [1.82, 2.24) is 10.2 Å². The largest absolute Gasteiger partial charge is 0.342 e. The monoisotopic (exact) mass is 312 g/mol. The Labute approximate surface area is 128 Å². The number of nitrogens with zero attached hydrogens (tertiary/aromatic N) is 1. The van der Waals surface area contributed by atoms with E-state index >= 15 is 0 Å². The Hall–Kier alpha value is -1.62. The minimum Gasteiger partial charge on any atom is -0.342 e. The molecule has 2 rings (SSSR count). The van der Waals surface area contributed by atoms with Gasteiger partial charge in [0.2, 0.25) is 11.8 Å². The zero-order chi connectivity index (χ0) is 15.8. The molecule has 1 N–H and O–H groups in total. The first kappa shape index (κ1) is 15.8. The first-order valence-corrected chi connectivity index (χ1v) is 7.21. The fraction of sp³-hybridized carbons (Fsp3) is 0.467. The summed E-state index contributed by atoms with van der Waals surface area (Å²) in [6, 6.07) is 3.87. The molecule has 0 aromatic heterocycles. The van der Waals surface area contributed by atoms with Crippen LogP contribution in [0.25, 0.3) is 0 Å². The van der Waals surface area contributed by atoms with Crippen LogP contribution in [-0.4, -0.2) is 28.3 Å². The lowest BCUT2D eigenvalue weighted by atomic mass is 9.94. The fourth-order valence-electron chi connectivity index (χ4n) is 2.36. The van der Waals surface area contributed by atoms with Crippen LogP contribution in [0.3, 0.4) is 0 Å². The van der Waals surface area contributed by atoms with Gasteiger partial charge in [-0.25, -0.2) is 4.39 Å². The van der Waals surface area contributed by atoms with Crippen molar-refractivity contribution in [3.8, 4) is 0 Å². The van der Waals surface area contributed by atoms with E-state index < -0.39 is 17.4 Å². The van der Waals surface area contributed by atoms with E-state index in [0.29, 0.717) is 12.0 Å². The first-order valence-electron chi connectivity index (χ1n) is 6.83. The van der Waals surface area contributed by atoms with Gasteiger partial charge in [-0.2, -0.15) is 0 Å². The topological polar surface area (TPSA) is 49.4 Å². The van der Waals surface area contributed by atoms with Crippen LogP contribution in [0.5, 0.6) is 0 Å². The normalized spacial score (nSPS) is 21.4. The Bertz CT molecular complexity index is 589. The molecule has 1 atom stereocenters. The van der Waals surface area contributed by atoms with Crippen molar-refractivity contribution in [3.63, 3.8) is 0 Å². The second-order valence-electron chi connectivity index (χ2n) is 5.67. The van der Waals surface area contributed by atoms with E-state index in [0.717, 1.165) is 0 Å². The molecule has 1 aromatic rings. The predicted octanol–water partition coefficient (Wildman–Crippen LogP) is 2.49. The third kappa shape index (κ3) is 2.88. The van der Waals surface area contributed by atoms with E-state index in [4.69, 9.17) is 11.6 Å². The van der Waals surface area contributed by atoms with E-state index in [1.807, 2.05) is 6.92 Å². The van der Waals surface area contributed by atoms with E-state index in [1.54, 1.807) is 19.9 Å². The maximum atomic E-state index is 13.5. The number of hydrogen-bond acceptors (Lipinski definition) is 2. The first-order chi connectivity index (χ1) is 9.77. The minimum atomic E-state index is -0.973. The number of nitrogens with one attached hydrogen (secondary N) is 1. The van der Waals surface area contributed by atoms with Gasteiger partial charge in [0, 0.05) is 6.54 Å². The zero-order valence-electron chi connectivity index (χ0n) is 12.2. The minimum absolute atomic E-state index is 0.0344. The molecule has 6 heteroatoms. The van der Waals surface area contributed by atoms with Crippen molar-refractivity contribution >= 4 is 23.4 Å². The standard InChI is InChI=1S/C15H18ClFN2O2/c1-4-12-13(20)19(15(2,3)14(21)18-12)8-9-5-6-10(16)11(17)7-9/h5-7,12H,4,8H2,1-3H3,(H,18,21). The number of halogens is 2. The van der Waals surface area contributed by atoms with E-state index in [9.17, 15) is 14.0 Å². The summed E-state index contributed by atoms with van der Waals surface area (Å²) < 4.78 is 13.5. The number of carbonyl (C=O) groups is 2. The van der Waals surface area contributed by atoms with Crippen molar-refractivity contribution in [2.24, 2.45) is 0 Å². The van der Waals surface area contributed by atoms with Crippen molar-refractivity contribution in [2.45, 2.75) is 45.3 Å². The van der Waals surface area contributed by atoms with Gasteiger partial charge in [0.15, 0.2) is 0 Å². The number of benzene rings is 1. The molecule has 0 radical (unpaired) electrons. The molecule has 4 nitrogen and oxygen atoms in total. The predicted molar refractivity (Wildman–Crippen MR) is 78.3 cm³/mol. The summed E-state index contributed by atoms with van der Waals surface area (Å²) in [5.41, 5.74) is -0.373. The second-order valence-corrected chi connectivity index (χ2v) is 6.07. The molecule has 2 amide bonds. The number of piperazine rings is 1. The molecule has 1 aliphatic rings. The summed E-state index contributed by atoms with van der Waals surface area (Å²) in [6.45, 7) is 5.36. The number of carbonyl (C=O) groups excluding carboxylic acids is 2. The molecule has 0 spiro atoms. The van der Waals surface area contributed by atoms with Crippen LogP contribution in [0.4, 0.5) is 4.39 Å². The third-order valence-electron chi connectivity index (χ3n) is 3.83. The quantitative estimate of drug-likeness (QED) is 0.932. The van der Waals surface area contributed by atoms with Gasteiger partial charge >= 0.3 is 0 Å². The van der Waals surface area contributed by atoms with Crippen molar-refractivity contribution < 1.29 is 14.0 Å². The summed E-state index contributed by atoms with van der Waals surface area (Å²) in [6.07, 6.45) is 0.520. The van der Waals surface area contributed by atoms with Crippen molar-refractivity contribution in [1.29, 1.82) is 0 Å². The van der Waals surface area contributed by atoms with Crippen molar-refractivity contribution in [2.75, 3.05) is 0 Å². The molecule has 114 valence electrons. The Morgan fingerprint density at radius 1 is 1.38 bits per heavy atom. The Morgan fingerprint density at radius 3 is 2.62 bits per heavy atom. The summed E-state index contributed by atoms with van der Waals surface area (Å²) in [5.74, 6) is -0.895. The molecule has 1 fully saturated rings. The van der Waals surface area contributed by atoms with Crippen molar-refractivity contribution in [3.05, 3.63) is 34.6 Å². The molecule has 1 unspecified atom stereocenters. The molecule has 1 aromatic carbocycles. The Balaban J connectivity index is 2.31. The fourth-order valence-corrected chi connectivity index (χ4v) is 2.47. The number of rotatable bonds is 3. The van der Waals surface area contributed by atoms with Crippen LogP contribution < -0.4 is 5.32 Å². The van der Waals surface area contributed by atoms with E-state index in [-0.39, 0.29) is 23.4 Å². The average molecular weight is 313 g/mol. The third-order valence-corrected chi connectivity index (χ3v) is 4.14. The SMILES string of the molecule is CCC1NC(=O)C(C)(C)N(Cc2ccc(Cl)c(F)c2)C1=O. The van der Waals surface area contributed by atoms with Gasteiger partial charge in [-0.05, 0) is 38.0 Å². The van der Waals surface area contributed by atoms with Crippen LogP contribution in [0.15, 0.2) is 18.2 Å². The molecular formula is C15H18ClFN2O2. The highest BCUT2D eigenvalue weighted by atomic mass is 35.5. The second kappa shape index (κ2) is 5.64. The zero-order valence-corrected chi connectivity index (χ0v) is 13.0. The van der Waals surface area contributed by atoms with E-state index in [2.05, 4.69) is 5.32 Å². The maximum absolute atomic E-state index is 13.5. The summed E-state index contributed by atoms with van der Waals surface area (Å²) in [5, 5.41) is 2.75. The summed E-state index contributed by atoms with van der Waals surface area (Å²) in [4.78, 5) is 26.1. The molecule has 0 saturated carbocycles. The van der Waals surface area contributed by atoms with Crippen LogP contribution in [0.1, 0.15) is 32.8 Å². The molecule has 1 saturated heterocycles. The average Bonchev–Trinajstić information content (AvgIpc) is 2.43. The van der Waals surface area contributed by atoms with Gasteiger partial charge in [-0.15, -0.1) is 0 Å². The molecule has 21 heavy (non-hydrogen) atoms. The molecule has 1 aliphatic heterocycles. The number of hydrogen-bond donors (Lipinski definition) is 1. The lowest BCUT2D eigenvalue weighted by molar-refractivity contribution is -0.156. The lowest BCUT2D eigenvalue weighted by Gasteiger charge is -2.44. The highest BCUT2D eigenvalue weighted by Crippen LogP contribution is 2.25. The van der Waals surface area contributed by atoms with Crippen LogP contribution in [-0.2, 0) is 16.1 Å².